The fourth-order valence-electron chi connectivity index (χ4n) is 0.977. The molecular formula is C8H2F6INO2. The molecule has 1 aromatic heterocycles. The third-order valence-electron chi connectivity index (χ3n) is 1.61. The minimum absolute atomic E-state index is 0.0815. The molecule has 0 saturated heterocycles. The summed E-state index contributed by atoms with van der Waals surface area (Å²) in [5.74, 6) is -1.53. The summed E-state index contributed by atoms with van der Waals surface area (Å²) in [7, 11) is 0. The summed E-state index contributed by atoms with van der Waals surface area (Å²) in [6.07, 6.45) is -9.83. The zero-order valence-corrected chi connectivity index (χ0v) is 10.2. The number of rotatable bonds is 2. The van der Waals surface area contributed by atoms with Gasteiger partial charge < -0.3 is 4.74 Å². The van der Waals surface area contributed by atoms with Crippen molar-refractivity contribution in [3.05, 3.63) is 21.0 Å². The molecule has 1 rings (SSSR count). The number of aldehydes is 1. The van der Waals surface area contributed by atoms with Gasteiger partial charge >= 0.3 is 12.5 Å². The van der Waals surface area contributed by atoms with Gasteiger partial charge in [0.1, 0.15) is 0 Å². The minimum Gasteiger partial charge on any atom is -0.402 e. The van der Waals surface area contributed by atoms with Crippen LogP contribution in [0.5, 0.6) is 5.75 Å². The van der Waals surface area contributed by atoms with Crippen LogP contribution in [0.25, 0.3) is 0 Å². The average molecular weight is 385 g/mol. The molecule has 0 fully saturated rings. The van der Waals surface area contributed by atoms with E-state index in [2.05, 4.69) is 9.72 Å². The molecule has 0 aliphatic heterocycles. The first kappa shape index (κ1) is 15.0. The van der Waals surface area contributed by atoms with Crippen molar-refractivity contribution >= 4 is 28.9 Å². The maximum absolute atomic E-state index is 12.4. The summed E-state index contributed by atoms with van der Waals surface area (Å²) >= 11 is 1.15. The normalized spacial score (nSPS) is 12.4. The van der Waals surface area contributed by atoms with E-state index in [0.717, 1.165) is 22.6 Å². The summed E-state index contributed by atoms with van der Waals surface area (Å²) in [6.45, 7) is 0. The van der Waals surface area contributed by atoms with Crippen LogP contribution in [0.1, 0.15) is 16.1 Å². The third kappa shape index (κ3) is 3.46. The highest BCUT2D eigenvalue weighted by Gasteiger charge is 2.42. The smallest absolute Gasteiger partial charge is 0.402 e. The summed E-state index contributed by atoms with van der Waals surface area (Å²) in [6, 6.07) is 0. The Labute approximate surface area is 109 Å². The van der Waals surface area contributed by atoms with Gasteiger partial charge in [-0.25, -0.2) is 4.98 Å². The topological polar surface area (TPSA) is 39.2 Å². The van der Waals surface area contributed by atoms with Gasteiger partial charge in [-0.15, -0.1) is 13.2 Å². The highest BCUT2D eigenvalue weighted by molar-refractivity contribution is 14.1. The molecule has 0 atom stereocenters. The largest absolute Gasteiger partial charge is 0.573 e. The van der Waals surface area contributed by atoms with E-state index in [4.69, 9.17) is 0 Å². The van der Waals surface area contributed by atoms with Crippen molar-refractivity contribution in [2.45, 2.75) is 12.5 Å². The van der Waals surface area contributed by atoms with Crippen molar-refractivity contribution in [3.8, 4) is 5.75 Å². The Morgan fingerprint density at radius 1 is 1.22 bits per heavy atom. The molecule has 0 unspecified atom stereocenters. The molecule has 0 spiro atoms. The lowest BCUT2D eigenvalue weighted by atomic mass is 10.2. The second-order valence-corrected chi connectivity index (χ2v) is 3.95. The van der Waals surface area contributed by atoms with Crippen molar-refractivity contribution in [1.29, 1.82) is 0 Å². The number of nitrogens with zero attached hydrogens (tertiary/aromatic N) is 1. The lowest BCUT2D eigenvalue weighted by Crippen LogP contribution is -2.22. The molecule has 10 heteroatoms. The molecule has 0 aromatic carbocycles. The van der Waals surface area contributed by atoms with Gasteiger partial charge in [-0.2, -0.15) is 13.2 Å². The lowest BCUT2D eigenvalue weighted by molar-refractivity contribution is -0.276. The van der Waals surface area contributed by atoms with Crippen molar-refractivity contribution in [3.63, 3.8) is 0 Å². The molecule has 0 radical (unpaired) electrons. The van der Waals surface area contributed by atoms with Crippen LogP contribution < -0.4 is 4.74 Å². The van der Waals surface area contributed by atoms with Gasteiger partial charge in [0.05, 0.1) is 3.57 Å². The van der Waals surface area contributed by atoms with Crippen LogP contribution in [-0.4, -0.2) is 17.6 Å². The zero-order chi connectivity index (χ0) is 14.1. The molecule has 3 nitrogen and oxygen atoms in total. The first-order valence-electron chi connectivity index (χ1n) is 4.03. The van der Waals surface area contributed by atoms with Crippen LogP contribution >= 0.6 is 22.6 Å². The van der Waals surface area contributed by atoms with Gasteiger partial charge in [0.15, 0.2) is 17.7 Å². The molecule has 0 aliphatic carbocycles. The van der Waals surface area contributed by atoms with Crippen LogP contribution in [0.15, 0.2) is 6.20 Å². The van der Waals surface area contributed by atoms with E-state index in [9.17, 15) is 31.1 Å². The maximum atomic E-state index is 12.4. The molecule has 0 bridgehead atoms. The summed E-state index contributed by atoms with van der Waals surface area (Å²) in [5, 5.41) is 0. The van der Waals surface area contributed by atoms with Crippen molar-refractivity contribution in [2.75, 3.05) is 0 Å². The molecule has 1 heterocycles. The molecule has 18 heavy (non-hydrogen) atoms. The number of carbonyl (C=O) groups is 1. The Morgan fingerprint density at radius 3 is 2.17 bits per heavy atom. The standard InChI is InChI=1S/C8H2F6INO2/c9-7(10,11)6-5(18-8(12,13)14)4(15)3(2-17)1-16-6/h1-2H. The maximum Gasteiger partial charge on any atom is 0.573 e. The van der Waals surface area contributed by atoms with E-state index in [1.54, 1.807) is 0 Å². The van der Waals surface area contributed by atoms with E-state index in [1.165, 1.54) is 0 Å². The molecule has 1 aromatic rings. The van der Waals surface area contributed by atoms with Gasteiger partial charge in [0, 0.05) is 11.8 Å². The van der Waals surface area contributed by atoms with Crippen LogP contribution in [0, 0.1) is 3.57 Å². The highest BCUT2D eigenvalue weighted by atomic mass is 127. The Hall–Kier alpha value is -1.07. The van der Waals surface area contributed by atoms with Gasteiger partial charge in [-0.1, -0.05) is 0 Å². The second-order valence-electron chi connectivity index (χ2n) is 2.87. The fourth-order valence-corrected chi connectivity index (χ4v) is 1.61. The Kier molecular flexibility index (Phi) is 4.08. The molecule has 0 amide bonds. The summed E-state index contributed by atoms with van der Waals surface area (Å²) < 4.78 is 76.0. The van der Waals surface area contributed by atoms with E-state index in [1.807, 2.05) is 0 Å². The SMILES string of the molecule is O=Cc1cnc(C(F)(F)F)c(OC(F)(F)F)c1I. The van der Waals surface area contributed by atoms with Crippen LogP contribution in [0.4, 0.5) is 26.3 Å². The quantitative estimate of drug-likeness (QED) is 0.445. The van der Waals surface area contributed by atoms with E-state index in [0.29, 0.717) is 6.20 Å². The summed E-state index contributed by atoms with van der Waals surface area (Å²) in [4.78, 5) is 13.2. The van der Waals surface area contributed by atoms with Gasteiger partial charge in [-0.3, -0.25) is 4.79 Å². The fraction of sp³-hybridized carbons (Fsp3) is 0.250. The monoisotopic (exact) mass is 385 g/mol. The molecule has 0 saturated carbocycles. The van der Waals surface area contributed by atoms with Gasteiger partial charge in [0.2, 0.25) is 0 Å². The number of hydrogen-bond donors (Lipinski definition) is 0. The molecule has 100 valence electrons. The van der Waals surface area contributed by atoms with Crippen molar-refractivity contribution in [1.82, 2.24) is 4.98 Å². The highest BCUT2D eigenvalue weighted by Crippen LogP contribution is 2.40. The van der Waals surface area contributed by atoms with E-state index in [-0.39, 0.29) is 6.29 Å². The number of ether oxygens (including phenoxy) is 1. The predicted octanol–water partition coefficient (Wildman–Crippen LogP) is 3.42. The lowest BCUT2D eigenvalue weighted by Gasteiger charge is -2.16. The van der Waals surface area contributed by atoms with Gasteiger partial charge in [-0.05, 0) is 22.6 Å². The molecular weight excluding hydrogens is 383 g/mol. The number of alkyl halides is 6. The molecule has 0 aliphatic rings. The van der Waals surface area contributed by atoms with Crippen LogP contribution in [-0.2, 0) is 6.18 Å². The van der Waals surface area contributed by atoms with Crippen molar-refractivity contribution < 1.29 is 35.9 Å². The summed E-state index contributed by atoms with van der Waals surface area (Å²) in [5.41, 5.74) is -2.27. The van der Waals surface area contributed by atoms with E-state index >= 15 is 0 Å². The van der Waals surface area contributed by atoms with Gasteiger partial charge in [0.25, 0.3) is 0 Å². The number of hydrogen-bond acceptors (Lipinski definition) is 3. The second kappa shape index (κ2) is 4.90. The number of pyridine rings is 1. The number of carbonyl (C=O) groups excluding carboxylic acids is 1. The van der Waals surface area contributed by atoms with Crippen LogP contribution in [0.2, 0.25) is 0 Å². The van der Waals surface area contributed by atoms with E-state index < -0.39 is 33.1 Å². The Bertz CT molecular complexity index is 470. The Balaban J connectivity index is 3.45. The molecule has 0 N–H and O–H groups in total. The Morgan fingerprint density at radius 2 is 1.78 bits per heavy atom. The average Bonchev–Trinajstić information content (AvgIpc) is 2.17. The zero-order valence-electron chi connectivity index (χ0n) is 8.06. The number of halogens is 7. The minimum atomic E-state index is -5.32. The van der Waals surface area contributed by atoms with Crippen molar-refractivity contribution in [2.24, 2.45) is 0 Å². The third-order valence-corrected chi connectivity index (χ3v) is 2.73. The van der Waals surface area contributed by atoms with Crippen LogP contribution in [0.3, 0.4) is 0 Å². The first-order valence-corrected chi connectivity index (χ1v) is 5.10. The number of aromatic nitrogens is 1. The predicted molar refractivity (Wildman–Crippen MR) is 54.0 cm³/mol. The first-order chi connectivity index (χ1) is 8.06.